The van der Waals surface area contributed by atoms with Gasteiger partial charge in [-0.1, -0.05) is 6.92 Å². The number of aliphatic carboxylic acids is 2. The fraction of sp³-hybridized carbons (Fsp3) is 0.500. The number of ether oxygens (including phenoxy) is 1. The number of carbonyl (C=O) groups excluding carboxylic acids is 1. The van der Waals surface area contributed by atoms with Crippen LogP contribution in [0.25, 0.3) is 0 Å². The summed E-state index contributed by atoms with van der Waals surface area (Å²) < 4.78 is 4.33. The van der Waals surface area contributed by atoms with Gasteiger partial charge in [-0.25, -0.2) is 14.4 Å². The van der Waals surface area contributed by atoms with Gasteiger partial charge in [-0.2, -0.15) is 0 Å². The van der Waals surface area contributed by atoms with Crippen LogP contribution in [0.1, 0.15) is 13.3 Å². The maximum absolute atomic E-state index is 9.76. The normalized spacial score (nSPS) is 7.77. The van der Waals surface area contributed by atoms with E-state index in [4.69, 9.17) is 19.8 Å². The maximum atomic E-state index is 9.76. The van der Waals surface area contributed by atoms with Gasteiger partial charge in [0.25, 0.3) is 0 Å². The zero-order valence-corrected chi connectivity index (χ0v) is 7.02. The van der Waals surface area contributed by atoms with E-state index in [1.54, 1.807) is 0 Å². The van der Waals surface area contributed by atoms with E-state index in [1.807, 2.05) is 6.92 Å². The molecule has 0 saturated carbocycles. The van der Waals surface area contributed by atoms with Crippen molar-refractivity contribution in [2.75, 3.05) is 6.61 Å². The molecule has 0 unspecified atom stereocenters. The van der Waals surface area contributed by atoms with Crippen molar-refractivity contribution in [3.63, 3.8) is 0 Å². The SMILES string of the molecule is CCCOC(N)=O.O=C(O)C(=O)O. The summed E-state index contributed by atoms with van der Waals surface area (Å²) in [4.78, 5) is 28.0. The number of rotatable bonds is 2. The van der Waals surface area contributed by atoms with Gasteiger partial charge in [-0.05, 0) is 6.42 Å². The third-order valence-electron chi connectivity index (χ3n) is 0.631. The average molecular weight is 193 g/mol. The Morgan fingerprint density at radius 2 is 1.62 bits per heavy atom. The van der Waals surface area contributed by atoms with Gasteiger partial charge in [0.05, 0.1) is 6.61 Å². The molecule has 7 nitrogen and oxygen atoms in total. The highest BCUT2D eigenvalue weighted by Crippen LogP contribution is 1.76. The summed E-state index contributed by atoms with van der Waals surface area (Å²) in [5.74, 6) is -3.65. The lowest BCUT2D eigenvalue weighted by atomic mass is 10.5. The van der Waals surface area contributed by atoms with Crippen LogP contribution < -0.4 is 5.73 Å². The Morgan fingerprint density at radius 1 is 1.23 bits per heavy atom. The van der Waals surface area contributed by atoms with E-state index in [2.05, 4.69) is 10.5 Å². The second-order valence-corrected chi connectivity index (χ2v) is 1.78. The monoisotopic (exact) mass is 193 g/mol. The van der Waals surface area contributed by atoms with Gasteiger partial charge < -0.3 is 20.7 Å². The van der Waals surface area contributed by atoms with Gasteiger partial charge in [0.1, 0.15) is 0 Å². The van der Waals surface area contributed by atoms with E-state index in [1.165, 1.54) is 0 Å². The summed E-state index contributed by atoms with van der Waals surface area (Å²) in [6, 6.07) is 0. The third-order valence-corrected chi connectivity index (χ3v) is 0.631. The van der Waals surface area contributed by atoms with Crippen LogP contribution in [0.4, 0.5) is 4.79 Å². The molecular formula is C6H11NO6. The molecule has 0 aromatic rings. The van der Waals surface area contributed by atoms with Crippen LogP contribution in [0.2, 0.25) is 0 Å². The summed E-state index contributed by atoms with van der Waals surface area (Å²) >= 11 is 0. The van der Waals surface area contributed by atoms with Crippen molar-refractivity contribution in [2.24, 2.45) is 5.73 Å². The molecule has 4 N–H and O–H groups in total. The Balaban J connectivity index is 0. The van der Waals surface area contributed by atoms with E-state index in [0.717, 1.165) is 6.42 Å². The predicted octanol–water partition coefficient (Wildman–Crippen LogP) is -0.353. The van der Waals surface area contributed by atoms with Crippen molar-refractivity contribution in [3.05, 3.63) is 0 Å². The van der Waals surface area contributed by atoms with Gasteiger partial charge in [0.2, 0.25) is 0 Å². The first-order valence-corrected chi connectivity index (χ1v) is 3.30. The zero-order chi connectivity index (χ0) is 10.9. The summed E-state index contributed by atoms with van der Waals surface area (Å²) in [5, 5.41) is 14.8. The Hall–Kier alpha value is -1.79. The molecule has 0 aliphatic carbocycles. The van der Waals surface area contributed by atoms with Crippen LogP contribution in [0.3, 0.4) is 0 Å². The minimum Gasteiger partial charge on any atom is -0.473 e. The van der Waals surface area contributed by atoms with E-state index < -0.39 is 18.0 Å². The predicted molar refractivity (Wildman–Crippen MR) is 41.1 cm³/mol. The quantitative estimate of drug-likeness (QED) is 0.514. The number of amides is 1. The van der Waals surface area contributed by atoms with Gasteiger partial charge in [-0.3, -0.25) is 0 Å². The first-order valence-electron chi connectivity index (χ1n) is 3.30. The van der Waals surface area contributed by atoms with Crippen molar-refractivity contribution in [3.8, 4) is 0 Å². The second kappa shape index (κ2) is 8.31. The molecular weight excluding hydrogens is 182 g/mol. The highest BCUT2D eigenvalue weighted by Gasteiger charge is 2.04. The maximum Gasteiger partial charge on any atom is 0.414 e. The van der Waals surface area contributed by atoms with Crippen LogP contribution in [0, 0.1) is 0 Å². The van der Waals surface area contributed by atoms with E-state index in [9.17, 15) is 4.79 Å². The highest BCUT2D eigenvalue weighted by atomic mass is 16.5. The van der Waals surface area contributed by atoms with Crippen molar-refractivity contribution >= 4 is 18.0 Å². The lowest BCUT2D eigenvalue weighted by molar-refractivity contribution is -0.159. The molecule has 13 heavy (non-hydrogen) atoms. The van der Waals surface area contributed by atoms with Crippen LogP contribution in [-0.4, -0.2) is 34.9 Å². The molecule has 76 valence electrons. The number of carboxylic acids is 2. The van der Waals surface area contributed by atoms with Crippen molar-refractivity contribution in [2.45, 2.75) is 13.3 Å². The van der Waals surface area contributed by atoms with E-state index >= 15 is 0 Å². The van der Waals surface area contributed by atoms with Crippen molar-refractivity contribution in [1.82, 2.24) is 0 Å². The molecule has 1 amide bonds. The topological polar surface area (TPSA) is 127 Å². The molecule has 0 fully saturated rings. The summed E-state index contributed by atoms with van der Waals surface area (Å²) in [7, 11) is 0. The average Bonchev–Trinajstić information content (AvgIpc) is 2.01. The molecule has 0 rings (SSSR count). The number of primary amides is 1. The summed E-state index contributed by atoms with van der Waals surface area (Å²) in [6.07, 6.45) is 0.130. The van der Waals surface area contributed by atoms with Crippen LogP contribution in [-0.2, 0) is 14.3 Å². The van der Waals surface area contributed by atoms with Crippen LogP contribution in [0.15, 0.2) is 0 Å². The lowest BCUT2D eigenvalue weighted by Crippen LogP contribution is -2.12. The molecule has 0 aliphatic heterocycles. The number of hydrogen-bond acceptors (Lipinski definition) is 4. The van der Waals surface area contributed by atoms with E-state index in [-0.39, 0.29) is 0 Å². The fourth-order valence-corrected chi connectivity index (χ4v) is 0.203. The smallest absolute Gasteiger partial charge is 0.414 e. The van der Waals surface area contributed by atoms with Gasteiger partial charge in [0, 0.05) is 0 Å². The largest absolute Gasteiger partial charge is 0.473 e. The van der Waals surface area contributed by atoms with Crippen LogP contribution >= 0.6 is 0 Å². The lowest BCUT2D eigenvalue weighted by Gasteiger charge is -1.93. The Labute approximate surface area is 74.1 Å². The number of hydrogen-bond donors (Lipinski definition) is 3. The first kappa shape index (κ1) is 13.8. The molecule has 0 heterocycles. The molecule has 0 aromatic heterocycles. The number of nitrogens with two attached hydrogens (primary N) is 1. The molecule has 0 atom stereocenters. The number of carbonyl (C=O) groups is 3. The third kappa shape index (κ3) is 17.8. The molecule has 0 aromatic carbocycles. The van der Waals surface area contributed by atoms with Crippen molar-refractivity contribution in [1.29, 1.82) is 0 Å². The molecule has 7 heteroatoms. The Morgan fingerprint density at radius 3 is 1.69 bits per heavy atom. The van der Waals surface area contributed by atoms with Gasteiger partial charge >= 0.3 is 18.0 Å². The molecule has 0 radical (unpaired) electrons. The number of carboxylic acid groups (broad SMARTS) is 2. The first-order chi connectivity index (χ1) is 5.91. The Kier molecular flexibility index (Phi) is 8.80. The zero-order valence-electron chi connectivity index (χ0n) is 7.02. The van der Waals surface area contributed by atoms with Crippen LogP contribution in [0.5, 0.6) is 0 Å². The minimum atomic E-state index is -1.82. The summed E-state index contributed by atoms with van der Waals surface area (Å²) in [5.41, 5.74) is 4.62. The van der Waals surface area contributed by atoms with Gasteiger partial charge in [-0.15, -0.1) is 0 Å². The van der Waals surface area contributed by atoms with Crippen molar-refractivity contribution < 1.29 is 29.3 Å². The second-order valence-electron chi connectivity index (χ2n) is 1.78. The standard InChI is InChI=1S/C4H9NO2.C2H2O4/c1-2-3-7-4(5)6;3-1(4)2(5)6/h2-3H2,1H3,(H2,5,6);(H,3,4)(H,5,6). The Bertz CT molecular complexity index is 178. The highest BCUT2D eigenvalue weighted by molar-refractivity contribution is 6.27. The van der Waals surface area contributed by atoms with Gasteiger partial charge in [0.15, 0.2) is 0 Å². The summed E-state index contributed by atoms with van der Waals surface area (Å²) in [6.45, 7) is 2.33. The molecule has 0 saturated heterocycles. The molecule has 0 spiro atoms. The minimum absolute atomic E-state index is 0.426. The molecule has 0 bridgehead atoms. The van der Waals surface area contributed by atoms with E-state index in [0.29, 0.717) is 6.61 Å². The fourth-order valence-electron chi connectivity index (χ4n) is 0.203. The molecule has 0 aliphatic rings.